The van der Waals surface area contributed by atoms with Crippen molar-refractivity contribution in [3.05, 3.63) is 80.9 Å². The van der Waals surface area contributed by atoms with Gasteiger partial charge in [-0.15, -0.1) is 5.10 Å². The van der Waals surface area contributed by atoms with Gasteiger partial charge >= 0.3 is 0 Å². The van der Waals surface area contributed by atoms with E-state index in [0.29, 0.717) is 27.0 Å². The van der Waals surface area contributed by atoms with Crippen LogP contribution in [0.25, 0.3) is 11.8 Å². The molecule has 31 heavy (non-hydrogen) atoms. The number of rotatable bonds is 6. The van der Waals surface area contributed by atoms with E-state index in [-0.39, 0.29) is 11.6 Å². The number of nitrogens with one attached hydrogen (secondary N) is 1. The van der Waals surface area contributed by atoms with Crippen LogP contribution in [0.5, 0.6) is 0 Å². The molecule has 0 aliphatic carbocycles. The molecule has 0 bridgehead atoms. The summed E-state index contributed by atoms with van der Waals surface area (Å²) in [7, 11) is 0. The number of nitro benzene ring substituents is 1. The Balaban J connectivity index is 1.76. The van der Waals surface area contributed by atoms with Crippen LogP contribution in [-0.4, -0.2) is 32.9 Å². The summed E-state index contributed by atoms with van der Waals surface area (Å²) in [5, 5.41) is 22.4. The Labute approximate surface area is 183 Å². The second-order valence-corrected chi connectivity index (χ2v) is 8.07. The molecule has 2 heterocycles. The molecule has 0 fully saturated rings. The van der Waals surface area contributed by atoms with Crippen molar-refractivity contribution in [1.82, 2.24) is 10.3 Å². The number of nitro groups is 1. The number of thioether (sulfide) groups is 1. The number of unbranched alkanes of at least 4 members (excludes halogenated alkanes) is 1. The molecule has 8 nitrogen and oxygen atoms in total. The van der Waals surface area contributed by atoms with Crippen LogP contribution in [0.4, 0.5) is 5.69 Å². The number of amides is 1. The van der Waals surface area contributed by atoms with E-state index in [1.807, 2.05) is 24.3 Å². The fraction of sp³-hybridized carbons (Fsp3) is 0.227. The zero-order valence-corrected chi connectivity index (χ0v) is 17.7. The summed E-state index contributed by atoms with van der Waals surface area (Å²) in [5.74, 6) is 0.615. The minimum atomic E-state index is -0.600. The minimum absolute atomic E-state index is 0.00913. The predicted molar refractivity (Wildman–Crippen MR) is 121 cm³/mol. The second kappa shape index (κ2) is 9.13. The highest BCUT2D eigenvalue weighted by Crippen LogP contribution is 2.24. The number of carbonyl (C=O) groups is 1. The molecule has 2 aromatic carbocycles. The quantitative estimate of drug-likeness (QED) is 0.427. The van der Waals surface area contributed by atoms with Crippen LogP contribution < -0.4 is 15.9 Å². The van der Waals surface area contributed by atoms with Gasteiger partial charge in [0.2, 0.25) is 0 Å². The molecule has 1 N–H and O–H groups in total. The Bertz CT molecular complexity index is 1210. The van der Waals surface area contributed by atoms with E-state index in [1.165, 1.54) is 17.8 Å². The molecule has 0 saturated heterocycles. The van der Waals surface area contributed by atoms with Gasteiger partial charge in [0, 0.05) is 17.0 Å². The fourth-order valence-electron chi connectivity index (χ4n) is 3.34. The highest BCUT2D eigenvalue weighted by Gasteiger charge is 2.32. The normalized spacial score (nSPS) is 17.5. The molecule has 4 rings (SSSR count). The molecule has 2 aliphatic heterocycles. The highest BCUT2D eigenvalue weighted by molar-refractivity contribution is 8.13. The summed E-state index contributed by atoms with van der Waals surface area (Å²) < 4.78 is 0. The molecule has 0 spiro atoms. The van der Waals surface area contributed by atoms with Gasteiger partial charge in [-0.3, -0.25) is 25.2 Å². The van der Waals surface area contributed by atoms with Crippen LogP contribution >= 0.6 is 11.8 Å². The van der Waals surface area contributed by atoms with Crippen molar-refractivity contribution >= 4 is 40.3 Å². The van der Waals surface area contributed by atoms with Crippen LogP contribution in [0.3, 0.4) is 0 Å². The van der Waals surface area contributed by atoms with E-state index in [2.05, 4.69) is 17.3 Å². The van der Waals surface area contributed by atoms with E-state index < -0.39 is 11.1 Å². The maximum atomic E-state index is 13.0. The Morgan fingerprint density at radius 1 is 1.23 bits per heavy atom. The van der Waals surface area contributed by atoms with Crippen molar-refractivity contribution in [2.45, 2.75) is 25.9 Å². The van der Waals surface area contributed by atoms with E-state index in [9.17, 15) is 14.9 Å². The Morgan fingerprint density at radius 3 is 2.81 bits per heavy atom. The average Bonchev–Trinajstić information content (AvgIpc) is 2.77. The van der Waals surface area contributed by atoms with Crippen molar-refractivity contribution in [1.29, 1.82) is 0 Å². The van der Waals surface area contributed by atoms with Crippen molar-refractivity contribution in [3.8, 4) is 0 Å². The highest BCUT2D eigenvalue weighted by atomic mass is 32.2. The third-order valence-electron chi connectivity index (χ3n) is 4.86. The molecule has 1 atom stereocenters. The van der Waals surface area contributed by atoms with Gasteiger partial charge in [0.25, 0.3) is 11.6 Å². The minimum Gasteiger partial charge on any atom is -0.298 e. The van der Waals surface area contributed by atoms with Crippen LogP contribution in [0.15, 0.2) is 64.7 Å². The predicted octanol–water partition coefficient (Wildman–Crippen LogP) is 2.61. The molecular formula is C22H21N5O3S. The van der Waals surface area contributed by atoms with Gasteiger partial charge in [0.05, 0.1) is 15.8 Å². The number of carbonyl (C=O) groups excluding carboxylic acids is 1. The molecule has 0 saturated carbocycles. The van der Waals surface area contributed by atoms with Gasteiger partial charge in [-0.1, -0.05) is 55.4 Å². The summed E-state index contributed by atoms with van der Waals surface area (Å²) in [6.07, 6.45) is 4.86. The van der Waals surface area contributed by atoms with Crippen LogP contribution in [-0.2, 0) is 4.79 Å². The van der Waals surface area contributed by atoms with E-state index in [0.717, 1.165) is 18.6 Å². The topological polar surface area (TPSA) is 100 Å². The lowest BCUT2D eigenvalue weighted by Crippen LogP contribution is -2.52. The number of hydrazone groups is 1. The molecule has 0 unspecified atom stereocenters. The number of hydrogen-bond donors (Lipinski definition) is 1. The van der Waals surface area contributed by atoms with Gasteiger partial charge in [-0.2, -0.15) is 0 Å². The third kappa shape index (κ3) is 4.36. The first-order chi connectivity index (χ1) is 15.1. The van der Waals surface area contributed by atoms with Crippen LogP contribution in [0.2, 0.25) is 0 Å². The Morgan fingerprint density at radius 2 is 2.00 bits per heavy atom. The van der Waals surface area contributed by atoms with Crippen LogP contribution in [0.1, 0.15) is 25.3 Å². The lowest BCUT2D eigenvalue weighted by Gasteiger charge is -2.32. The number of benzene rings is 2. The van der Waals surface area contributed by atoms with Crippen molar-refractivity contribution < 1.29 is 9.72 Å². The molecule has 9 heteroatoms. The number of hydrogen-bond acceptors (Lipinski definition) is 7. The van der Waals surface area contributed by atoms with Gasteiger partial charge in [-0.25, -0.2) is 5.01 Å². The number of para-hydroxylation sites is 2. The van der Waals surface area contributed by atoms with Crippen molar-refractivity contribution in [2.24, 2.45) is 10.1 Å². The fourth-order valence-corrected chi connectivity index (χ4v) is 4.28. The van der Waals surface area contributed by atoms with E-state index in [1.54, 1.807) is 35.4 Å². The monoisotopic (exact) mass is 435 g/mol. The molecule has 0 aromatic heterocycles. The zero-order chi connectivity index (χ0) is 21.8. The first-order valence-corrected chi connectivity index (χ1v) is 11.0. The van der Waals surface area contributed by atoms with Crippen molar-refractivity contribution in [2.75, 3.05) is 5.75 Å². The smallest absolute Gasteiger partial charge is 0.276 e. The number of fused-ring (bicyclic) bond motifs is 2. The van der Waals surface area contributed by atoms with Gasteiger partial charge < -0.3 is 0 Å². The van der Waals surface area contributed by atoms with Crippen LogP contribution in [0, 0.1) is 10.1 Å². The molecular weight excluding hydrogens is 414 g/mol. The molecule has 2 aliphatic rings. The molecule has 158 valence electrons. The first kappa shape index (κ1) is 20.8. The van der Waals surface area contributed by atoms with Gasteiger partial charge in [-0.05, 0) is 30.7 Å². The summed E-state index contributed by atoms with van der Waals surface area (Å²) in [6, 6.07) is 13.9. The summed E-state index contributed by atoms with van der Waals surface area (Å²) in [5.41, 5.74) is 0.892. The molecule has 1 amide bonds. The standard InChI is InChI=1S/C22H21N5O3S/c1-2-3-14-31-22-24-21(28)20-16-9-5-6-10-17(16)23-19(26(20)25-22)13-12-15-8-4-7-11-18(15)27(29)30/h4-13,19H,2-3,14H2,1H3,(H,24,25,28)/b13-12+/t19-/m0/s1. The summed E-state index contributed by atoms with van der Waals surface area (Å²) >= 11 is 1.49. The lowest BCUT2D eigenvalue weighted by molar-refractivity contribution is -0.385. The largest absolute Gasteiger partial charge is 0.298 e. The zero-order valence-electron chi connectivity index (χ0n) is 16.9. The number of amidine groups is 1. The first-order valence-electron chi connectivity index (χ1n) is 9.99. The third-order valence-corrected chi connectivity index (χ3v) is 5.81. The number of nitrogens with zero attached hydrogens (tertiary/aromatic N) is 4. The lowest BCUT2D eigenvalue weighted by atomic mass is 10.1. The molecule has 2 aromatic rings. The summed E-state index contributed by atoms with van der Waals surface area (Å²) in [4.78, 5) is 28.6. The summed E-state index contributed by atoms with van der Waals surface area (Å²) in [6.45, 7) is 2.11. The van der Waals surface area contributed by atoms with E-state index in [4.69, 9.17) is 4.99 Å². The average molecular weight is 436 g/mol. The Kier molecular flexibility index (Phi) is 6.13. The second-order valence-electron chi connectivity index (χ2n) is 6.99. The Hall–Kier alpha value is -3.46. The SMILES string of the molecule is CCCCSC1=NN2C(=c3ccccc3=N[C@@H]2/C=C/c2ccccc2[N+](=O)[O-])C(=O)N1. The van der Waals surface area contributed by atoms with Gasteiger partial charge in [0.15, 0.2) is 11.3 Å². The van der Waals surface area contributed by atoms with Crippen molar-refractivity contribution in [3.63, 3.8) is 0 Å². The maximum Gasteiger partial charge on any atom is 0.276 e. The maximum absolute atomic E-state index is 13.0. The molecule has 0 radical (unpaired) electrons. The van der Waals surface area contributed by atoms with Gasteiger partial charge in [0.1, 0.15) is 5.70 Å². The van der Waals surface area contributed by atoms with E-state index >= 15 is 0 Å².